The number of carbonyl (C=O) groups is 2. The van der Waals surface area contributed by atoms with Gasteiger partial charge in [-0.2, -0.15) is 11.8 Å². The summed E-state index contributed by atoms with van der Waals surface area (Å²) < 4.78 is 0.670. The van der Waals surface area contributed by atoms with Crippen molar-refractivity contribution in [2.24, 2.45) is 0 Å². The molecule has 0 spiro atoms. The molecule has 26 heavy (non-hydrogen) atoms. The van der Waals surface area contributed by atoms with Gasteiger partial charge in [-0.05, 0) is 64.7 Å². The van der Waals surface area contributed by atoms with E-state index in [4.69, 9.17) is 23.2 Å². The lowest BCUT2D eigenvalue weighted by atomic mass is 10.1. The molecule has 2 amide bonds. The first kappa shape index (κ1) is 21.1. The van der Waals surface area contributed by atoms with Crippen molar-refractivity contribution in [3.8, 4) is 0 Å². The highest BCUT2D eigenvalue weighted by Crippen LogP contribution is 2.23. The molecule has 0 aromatic heterocycles. The molecule has 138 valence electrons. The van der Waals surface area contributed by atoms with Crippen molar-refractivity contribution >= 4 is 68.4 Å². The van der Waals surface area contributed by atoms with Gasteiger partial charge in [0, 0.05) is 20.2 Å². The molecule has 2 N–H and O–H groups in total. The molecule has 0 heterocycles. The molecule has 2 rings (SSSR count). The van der Waals surface area contributed by atoms with Crippen molar-refractivity contribution < 1.29 is 9.59 Å². The van der Waals surface area contributed by atoms with Gasteiger partial charge in [-0.25, -0.2) is 0 Å². The predicted molar refractivity (Wildman–Crippen MR) is 113 cm³/mol. The second kappa shape index (κ2) is 10.2. The van der Waals surface area contributed by atoms with Crippen molar-refractivity contribution in [2.45, 2.75) is 12.5 Å². The first-order chi connectivity index (χ1) is 12.4. The molecule has 0 aliphatic carbocycles. The van der Waals surface area contributed by atoms with Crippen LogP contribution in [0.3, 0.4) is 0 Å². The van der Waals surface area contributed by atoms with Gasteiger partial charge in [0.05, 0.1) is 5.56 Å². The SMILES string of the molecule is CSCCC(NC(=O)c1ccccc1Br)C(=O)Nc1cc(Cl)cc(Cl)c1. The number of hydrogen-bond acceptors (Lipinski definition) is 3. The standard InChI is InChI=1S/C18H17BrCl2N2O2S/c1-26-7-6-16(23-17(24)14-4-2-3-5-15(14)19)18(25)22-13-9-11(20)8-12(21)10-13/h2-5,8-10,16H,6-7H2,1H3,(H,22,25)(H,23,24). The van der Waals surface area contributed by atoms with E-state index in [9.17, 15) is 9.59 Å². The Morgan fingerprint density at radius 3 is 2.42 bits per heavy atom. The summed E-state index contributed by atoms with van der Waals surface area (Å²) in [6.45, 7) is 0. The minimum absolute atomic E-state index is 0.317. The zero-order valence-electron chi connectivity index (χ0n) is 13.9. The summed E-state index contributed by atoms with van der Waals surface area (Å²) in [7, 11) is 0. The van der Waals surface area contributed by atoms with E-state index in [-0.39, 0.29) is 11.8 Å². The third-order valence-electron chi connectivity index (χ3n) is 3.48. The molecule has 2 aromatic carbocycles. The summed E-state index contributed by atoms with van der Waals surface area (Å²) in [6.07, 6.45) is 2.44. The predicted octanol–water partition coefficient (Wildman–Crippen LogP) is 5.25. The number of rotatable bonds is 7. The smallest absolute Gasteiger partial charge is 0.253 e. The summed E-state index contributed by atoms with van der Waals surface area (Å²) in [5, 5.41) is 6.40. The van der Waals surface area contributed by atoms with E-state index in [1.165, 1.54) is 0 Å². The fraction of sp³-hybridized carbons (Fsp3) is 0.222. The summed E-state index contributed by atoms with van der Waals surface area (Å²) >= 11 is 16.9. The van der Waals surface area contributed by atoms with Crippen molar-refractivity contribution in [3.63, 3.8) is 0 Å². The van der Waals surface area contributed by atoms with E-state index in [0.29, 0.717) is 32.2 Å². The van der Waals surface area contributed by atoms with E-state index in [1.54, 1.807) is 48.2 Å². The Kier molecular flexibility index (Phi) is 8.28. The lowest BCUT2D eigenvalue weighted by Gasteiger charge is -2.19. The molecule has 4 nitrogen and oxygen atoms in total. The van der Waals surface area contributed by atoms with Gasteiger partial charge in [0.15, 0.2) is 0 Å². The average Bonchev–Trinajstić information content (AvgIpc) is 2.57. The van der Waals surface area contributed by atoms with Crippen molar-refractivity contribution in [3.05, 3.63) is 62.5 Å². The van der Waals surface area contributed by atoms with Gasteiger partial charge in [-0.3, -0.25) is 9.59 Å². The summed E-state index contributed by atoms with van der Waals surface area (Å²) in [5.74, 6) is 0.0885. The maximum absolute atomic E-state index is 12.7. The van der Waals surface area contributed by atoms with Gasteiger partial charge in [0.25, 0.3) is 5.91 Å². The molecule has 8 heteroatoms. The molecule has 0 bridgehead atoms. The third kappa shape index (κ3) is 6.20. The van der Waals surface area contributed by atoms with Crippen LogP contribution >= 0.6 is 50.9 Å². The molecule has 0 fully saturated rings. The van der Waals surface area contributed by atoms with Crippen LogP contribution in [0.2, 0.25) is 10.0 Å². The maximum atomic E-state index is 12.7. The fourth-order valence-corrected chi connectivity index (χ4v) is 3.70. The fourth-order valence-electron chi connectivity index (χ4n) is 2.24. The number of thioether (sulfide) groups is 1. The Hall–Kier alpha value is -1.21. The number of anilines is 1. The summed E-state index contributed by atoms with van der Waals surface area (Å²) in [6, 6.07) is 11.2. The molecule has 0 radical (unpaired) electrons. The number of carbonyl (C=O) groups excluding carboxylic acids is 2. The van der Waals surface area contributed by atoms with Crippen LogP contribution in [0.15, 0.2) is 46.9 Å². The Balaban J connectivity index is 2.13. The van der Waals surface area contributed by atoms with E-state index < -0.39 is 6.04 Å². The van der Waals surface area contributed by atoms with Crippen LogP contribution < -0.4 is 10.6 Å². The highest BCUT2D eigenvalue weighted by atomic mass is 79.9. The van der Waals surface area contributed by atoms with Crippen LogP contribution in [0, 0.1) is 0 Å². The quantitative estimate of drug-likeness (QED) is 0.575. The summed E-state index contributed by atoms with van der Waals surface area (Å²) in [5.41, 5.74) is 0.956. The largest absolute Gasteiger partial charge is 0.340 e. The van der Waals surface area contributed by atoms with Crippen LogP contribution in [-0.2, 0) is 4.79 Å². The van der Waals surface area contributed by atoms with Crippen LogP contribution in [0.1, 0.15) is 16.8 Å². The second-order valence-electron chi connectivity index (χ2n) is 5.43. The van der Waals surface area contributed by atoms with Gasteiger partial charge in [-0.1, -0.05) is 35.3 Å². The van der Waals surface area contributed by atoms with E-state index in [0.717, 1.165) is 5.75 Å². The van der Waals surface area contributed by atoms with Gasteiger partial charge in [-0.15, -0.1) is 0 Å². The van der Waals surface area contributed by atoms with Crippen LogP contribution in [0.25, 0.3) is 0 Å². The van der Waals surface area contributed by atoms with Gasteiger partial charge >= 0.3 is 0 Å². The molecule has 0 saturated heterocycles. The molecule has 0 saturated carbocycles. The second-order valence-corrected chi connectivity index (χ2v) is 8.15. The Labute approximate surface area is 175 Å². The molecule has 0 aliphatic rings. The lowest BCUT2D eigenvalue weighted by molar-refractivity contribution is -0.118. The molecule has 1 atom stereocenters. The van der Waals surface area contributed by atoms with E-state index >= 15 is 0 Å². The van der Waals surface area contributed by atoms with Crippen molar-refractivity contribution in [1.82, 2.24) is 5.32 Å². The third-order valence-corrected chi connectivity index (χ3v) is 5.25. The van der Waals surface area contributed by atoms with Crippen molar-refractivity contribution in [2.75, 3.05) is 17.3 Å². The lowest BCUT2D eigenvalue weighted by Crippen LogP contribution is -2.44. The van der Waals surface area contributed by atoms with E-state index in [1.807, 2.05) is 12.3 Å². The Morgan fingerprint density at radius 1 is 1.15 bits per heavy atom. The summed E-state index contributed by atoms with van der Waals surface area (Å²) in [4.78, 5) is 25.2. The van der Waals surface area contributed by atoms with Crippen molar-refractivity contribution in [1.29, 1.82) is 0 Å². The van der Waals surface area contributed by atoms with Crippen LogP contribution in [0.4, 0.5) is 5.69 Å². The first-order valence-electron chi connectivity index (χ1n) is 7.72. The number of benzene rings is 2. The van der Waals surface area contributed by atoms with Gasteiger partial charge < -0.3 is 10.6 Å². The number of hydrogen-bond donors (Lipinski definition) is 2. The normalized spacial score (nSPS) is 11.7. The zero-order chi connectivity index (χ0) is 19.1. The monoisotopic (exact) mass is 474 g/mol. The molecular formula is C18H17BrCl2N2O2S. The Bertz CT molecular complexity index is 784. The zero-order valence-corrected chi connectivity index (χ0v) is 17.8. The van der Waals surface area contributed by atoms with Gasteiger partial charge in [0.1, 0.15) is 6.04 Å². The van der Waals surface area contributed by atoms with Crippen LogP contribution in [0.5, 0.6) is 0 Å². The number of nitrogens with one attached hydrogen (secondary N) is 2. The average molecular weight is 476 g/mol. The maximum Gasteiger partial charge on any atom is 0.253 e. The van der Waals surface area contributed by atoms with Crippen LogP contribution in [-0.4, -0.2) is 29.9 Å². The van der Waals surface area contributed by atoms with Gasteiger partial charge in [0.2, 0.25) is 5.91 Å². The molecule has 0 aliphatic heterocycles. The highest BCUT2D eigenvalue weighted by molar-refractivity contribution is 9.10. The molecular weight excluding hydrogens is 459 g/mol. The highest BCUT2D eigenvalue weighted by Gasteiger charge is 2.22. The van der Waals surface area contributed by atoms with E-state index in [2.05, 4.69) is 26.6 Å². The minimum Gasteiger partial charge on any atom is -0.340 e. The molecule has 2 aromatic rings. The molecule has 1 unspecified atom stereocenters. The number of halogens is 3. The Morgan fingerprint density at radius 2 is 1.81 bits per heavy atom. The first-order valence-corrected chi connectivity index (χ1v) is 10.7. The number of amides is 2. The minimum atomic E-state index is -0.681. The topological polar surface area (TPSA) is 58.2 Å².